The fraction of sp³-hybridized carbons (Fsp3) is 0.125. The molecule has 0 spiro atoms. The number of aliphatic hydroxyl groups is 1. The molecule has 1 aromatic rings. The van der Waals surface area contributed by atoms with Crippen molar-refractivity contribution in [1.29, 1.82) is 0 Å². The van der Waals surface area contributed by atoms with Crippen molar-refractivity contribution in [1.82, 2.24) is 0 Å². The Morgan fingerprint density at radius 2 is 2.17 bits per heavy atom. The van der Waals surface area contributed by atoms with Crippen LogP contribution >= 0.6 is 11.6 Å². The largest absolute Gasteiger partial charge is 0.414 e. The molecule has 0 aliphatic heterocycles. The van der Waals surface area contributed by atoms with Gasteiger partial charge >= 0.3 is 5.43 Å². The molecule has 0 radical (unpaired) electrons. The Bertz CT molecular complexity index is 285. The van der Waals surface area contributed by atoms with Crippen LogP contribution in [0.1, 0.15) is 5.56 Å². The lowest BCUT2D eigenvalue weighted by Gasteiger charge is -2.03. The van der Waals surface area contributed by atoms with Crippen LogP contribution in [0.5, 0.6) is 5.75 Å². The lowest BCUT2D eigenvalue weighted by molar-refractivity contribution is 0.223. The lowest BCUT2D eigenvalue weighted by atomic mass is 10.2. The van der Waals surface area contributed by atoms with E-state index in [2.05, 4.69) is 4.74 Å². The zero-order valence-electron chi connectivity index (χ0n) is 6.16. The number of rotatable bonds is 2. The maximum absolute atomic E-state index is 10.3. The number of hydrogen-bond acceptors (Lipinski definition) is 3. The van der Waals surface area contributed by atoms with Crippen molar-refractivity contribution in [2.24, 2.45) is 0 Å². The molecule has 0 saturated carbocycles. The lowest BCUT2D eigenvalue weighted by Crippen LogP contribution is -1.99. The zero-order chi connectivity index (χ0) is 8.97. The molecule has 0 heterocycles. The van der Waals surface area contributed by atoms with Crippen LogP contribution in [0.15, 0.2) is 24.3 Å². The fourth-order valence-corrected chi connectivity index (χ4v) is 0.904. The van der Waals surface area contributed by atoms with E-state index in [-0.39, 0.29) is 6.61 Å². The summed E-state index contributed by atoms with van der Waals surface area (Å²) in [5.74, 6) is 0.292. The number of ether oxygens (including phenoxy) is 1. The second-order valence-electron chi connectivity index (χ2n) is 2.11. The summed E-state index contributed by atoms with van der Waals surface area (Å²) >= 11 is 5.00. The summed E-state index contributed by atoms with van der Waals surface area (Å²) in [7, 11) is 0. The van der Waals surface area contributed by atoms with Crippen molar-refractivity contribution < 1.29 is 14.6 Å². The van der Waals surface area contributed by atoms with E-state index in [1.165, 1.54) is 0 Å². The Labute approximate surface area is 74.5 Å². The average molecular weight is 187 g/mol. The number of carbonyl (C=O) groups excluding carboxylic acids is 1. The van der Waals surface area contributed by atoms with E-state index in [0.29, 0.717) is 11.3 Å². The SMILES string of the molecule is O=C(Cl)Oc1ccccc1CO. The molecule has 0 atom stereocenters. The summed E-state index contributed by atoms with van der Waals surface area (Å²) in [4.78, 5) is 10.3. The molecule has 0 amide bonds. The van der Waals surface area contributed by atoms with E-state index in [0.717, 1.165) is 0 Å². The minimum Gasteiger partial charge on any atom is -0.414 e. The van der Waals surface area contributed by atoms with Crippen molar-refractivity contribution in [2.45, 2.75) is 6.61 Å². The second-order valence-corrected chi connectivity index (χ2v) is 2.41. The van der Waals surface area contributed by atoms with Gasteiger partial charge in [-0.05, 0) is 6.07 Å². The molecule has 0 bridgehead atoms. The third-order valence-electron chi connectivity index (χ3n) is 1.33. The van der Waals surface area contributed by atoms with Gasteiger partial charge in [0.1, 0.15) is 5.75 Å². The maximum atomic E-state index is 10.3. The van der Waals surface area contributed by atoms with Crippen molar-refractivity contribution >= 4 is 17.0 Å². The van der Waals surface area contributed by atoms with Crippen LogP contribution in [-0.4, -0.2) is 10.5 Å². The first-order valence-corrected chi connectivity index (χ1v) is 3.68. The summed E-state index contributed by atoms with van der Waals surface area (Å²) < 4.78 is 4.60. The van der Waals surface area contributed by atoms with Crippen molar-refractivity contribution in [2.75, 3.05) is 0 Å². The Morgan fingerprint density at radius 3 is 2.75 bits per heavy atom. The standard InChI is InChI=1S/C8H7ClO3/c9-8(11)12-7-4-2-1-3-6(7)5-10/h1-4,10H,5H2. The van der Waals surface area contributed by atoms with E-state index < -0.39 is 5.43 Å². The molecule has 4 heteroatoms. The summed E-state index contributed by atoms with van der Waals surface area (Å²) in [6.45, 7) is -0.180. The summed E-state index contributed by atoms with van der Waals surface area (Å²) in [5, 5.41) is 8.80. The van der Waals surface area contributed by atoms with Crippen LogP contribution in [0.25, 0.3) is 0 Å². The van der Waals surface area contributed by atoms with Crippen molar-refractivity contribution in [3.63, 3.8) is 0 Å². The van der Waals surface area contributed by atoms with Gasteiger partial charge < -0.3 is 9.84 Å². The predicted molar refractivity (Wildman–Crippen MR) is 44.2 cm³/mol. The van der Waals surface area contributed by atoms with Gasteiger partial charge in [0.25, 0.3) is 0 Å². The molecule has 0 aromatic heterocycles. The highest BCUT2D eigenvalue weighted by molar-refractivity contribution is 6.61. The Kier molecular flexibility index (Phi) is 3.08. The van der Waals surface area contributed by atoms with Crippen LogP contribution in [0.2, 0.25) is 0 Å². The number of benzene rings is 1. The van der Waals surface area contributed by atoms with E-state index in [4.69, 9.17) is 16.7 Å². The first-order chi connectivity index (χ1) is 5.74. The molecule has 0 aliphatic rings. The third kappa shape index (κ3) is 2.22. The minimum absolute atomic E-state index is 0.180. The molecule has 1 N–H and O–H groups in total. The van der Waals surface area contributed by atoms with Crippen molar-refractivity contribution in [3.05, 3.63) is 29.8 Å². The van der Waals surface area contributed by atoms with Gasteiger partial charge in [0.05, 0.1) is 6.61 Å². The fourth-order valence-electron chi connectivity index (χ4n) is 0.820. The Morgan fingerprint density at radius 1 is 1.50 bits per heavy atom. The van der Waals surface area contributed by atoms with Gasteiger partial charge in [-0.25, -0.2) is 4.79 Å². The summed E-state index contributed by atoms with van der Waals surface area (Å²) in [6, 6.07) is 6.63. The number of halogens is 1. The van der Waals surface area contributed by atoms with Gasteiger partial charge in [-0.3, -0.25) is 0 Å². The highest BCUT2D eigenvalue weighted by atomic mass is 35.5. The maximum Gasteiger partial charge on any atom is 0.409 e. The molecule has 0 unspecified atom stereocenters. The topological polar surface area (TPSA) is 46.5 Å². The number of carbonyl (C=O) groups is 1. The van der Waals surface area contributed by atoms with Gasteiger partial charge in [0.15, 0.2) is 0 Å². The summed E-state index contributed by atoms with van der Waals surface area (Å²) in [6.07, 6.45) is 0. The van der Waals surface area contributed by atoms with Crippen LogP contribution in [0.4, 0.5) is 4.79 Å². The molecule has 64 valence electrons. The van der Waals surface area contributed by atoms with Crippen LogP contribution in [-0.2, 0) is 6.61 Å². The van der Waals surface area contributed by atoms with E-state index in [1.54, 1.807) is 24.3 Å². The Hall–Kier alpha value is -1.06. The quantitative estimate of drug-likeness (QED) is 0.718. The number of aliphatic hydroxyl groups excluding tert-OH is 1. The molecular weight excluding hydrogens is 180 g/mol. The minimum atomic E-state index is -0.907. The van der Waals surface area contributed by atoms with Gasteiger partial charge in [0.2, 0.25) is 0 Å². The molecule has 0 aliphatic carbocycles. The normalized spacial score (nSPS) is 9.50. The third-order valence-corrected chi connectivity index (χ3v) is 1.41. The molecular formula is C8H7ClO3. The molecule has 12 heavy (non-hydrogen) atoms. The van der Waals surface area contributed by atoms with Gasteiger partial charge in [-0.1, -0.05) is 18.2 Å². The zero-order valence-corrected chi connectivity index (χ0v) is 6.91. The first kappa shape index (κ1) is 9.03. The van der Waals surface area contributed by atoms with Crippen molar-refractivity contribution in [3.8, 4) is 5.75 Å². The van der Waals surface area contributed by atoms with E-state index in [9.17, 15) is 4.79 Å². The highest BCUT2D eigenvalue weighted by Crippen LogP contribution is 2.18. The molecule has 1 aromatic carbocycles. The second kappa shape index (κ2) is 4.09. The smallest absolute Gasteiger partial charge is 0.409 e. The van der Waals surface area contributed by atoms with Gasteiger partial charge in [-0.2, -0.15) is 0 Å². The Balaban J connectivity index is 2.89. The van der Waals surface area contributed by atoms with Crippen LogP contribution in [0.3, 0.4) is 0 Å². The first-order valence-electron chi connectivity index (χ1n) is 3.30. The number of hydrogen-bond donors (Lipinski definition) is 1. The molecule has 0 saturated heterocycles. The van der Waals surface area contributed by atoms with Crippen LogP contribution in [0, 0.1) is 0 Å². The molecule has 1 rings (SSSR count). The predicted octanol–water partition coefficient (Wildman–Crippen LogP) is 1.92. The highest BCUT2D eigenvalue weighted by Gasteiger charge is 2.04. The van der Waals surface area contributed by atoms with E-state index in [1.807, 2.05) is 0 Å². The van der Waals surface area contributed by atoms with Crippen LogP contribution < -0.4 is 4.74 Å². The monoisotopic (exact) mass is 186 g/mol. The molecule has 3 nitrogen and oxygen atoms in total. The number of para-hydroxylation sites is 1. The van der Waals surface area contributed by atoms with Gasteiger partial charge in [0, 0.05) is 17.2 Å². The average Bonchev–Trinajstić information content (AvgIpc) is 2.04. The van der Waals surface area contributed by atoms with Gasteiger partial charge in [-0.15, -0.1) is 0 Å². The molecule has 0 fully saturated rings. The van der Waals surface area contributed by atoms with E-state index >= 15 is 0 Å². The summed E-state index contributed by atoms with van der Waals surface area (Å²) in [5.41, 5.74) is -0.373.